The first-order valence-electron chi connectivity index (χ1n) is 3.07. The van der Waals surface area contributed by atoms with Gasteiger partial charge >= 0.3 is 5.69 Å². The van der Waals surface area contributed by atoms with Crippen LogP contribution in [0.2, 0.25) is 0 Å². The van der Waals surface area contributed by atoms with E-state index in [9.17, 15) is 18.7 Å². The van der Waals surface area contributed by atoms with E-state index < -0.39 is 27.5 Å². The molecular weight excluding hydrogens is 201 g/mol. The van der Waals surface area contributed by atoms with Crippen molar-refractivity contribution in [2.75, 3.05) is 0 Å². The van der Waals surface area contributed by atoms with E-state index in [1.54, 1.807) is 0 Å². The van der Waals surface area contributed by atoms with Gasteiger partial charge in [-0.3, -0.25) is 10.1 Å². The Morgan fingerprint density at radius 3 is 2.62 bits per heavy atom. The Morgan fingerprint density at radius 2 is 2.15 bits per heavy atom. The second-order valence-electron chi connectivity index (χ2n) is 2.12. The topological polar surface area (TPSA) is 80.4 Å². The summed E-state index contributed by atoms with van der Waals surface area (Å²) in [5.74, 6) is -1.03. The Bertz CT molecular complexity index is 381. The maximum Gasteiger partial charge on any atom is 0.306 e. The molecule has 0 aliphatic rings. The standard InChI is InChI=1S/C6H4FNO4S/c7-5-2-1-4(13(11)12)3-6(5)8(9)10/h1-3H,(H,11,12). The van der Waals surface area contributed by atoms with Crippen molar-refractivity contribution in [3.8, 4) is 0 Å². The summed E-state index contributed by atoms with van der Waals surface area (Å²) in [5.41, 5.74) is -0.806. The largest absolute Gasteiger partial charge is 0.306 e. The number of halogens is 1. The highest BCUT2D eigenvalue weighted by Crippen LogP contribution is 2.19. The van der Waals surface area contributed by atoms with E-state index in [4.69, 9.17) is 4.55 Å². The number of rotatable bonds is 2. The van der Waals surface area contributed by atoms with Crippen LogP contribution in [0.15, 0.2) is 23.1 Å². The van der Waals surface area contributed by atoms with Crippen LogP contribution in [-0.4, -0.2) is 13.7 Å². The van der Waals surface area contributed by atoms with Crippen molar-refractivity contribution in [2.24, 2.45) is 0 Å². The fraction of sp³-hybridized carbons (Fsp3) is 0. The SMILES string of the molecule is O=[N+]([O-])c1cc(S(=O)O)ccc1F. The van der Waals surface area contributed by atoms with Gasteiger partial charge in [-0.05, 0) is 12.1 Å². The molecule has 1 aromatic rings. The Labute approximate surface area is 74.6 Å². The summed E-state index contributed by atoms with van der Waals surface area (Å²) in [6.07, 6.45) is 0. The van der Waals surface area contributed by atoms with Crippen LogP contribution in [0.25, 0.3) is 0 Å². The minimum atomic E-state index is -2.34. The van der Waals surface area contributed by atoms with Gasteiger partial charge in [-0.1, -0.05) is 0 Å². The Balaban J connectivity index is 3.27. The second kappa shape index (κ2) is 3.58. The van der Waals surface area contributed by atoms with Gasteiger partial charge in [0.15, 0.2) is 11.1 Å². The number of nitro benzene ring substituents is 1. The van der Waals surface area contributed by atoms with Crippen molar-refractivity contribution in [1.29, 1.82) is 0 Å². The minimum Gasteiger partial charge on any atom is -0.302 e. The zero-order valence-corrected chi connectivity index (χ0v) is 6.95. The summed E-state index contributed by atoms with van der Waals surface area (Å²) < 4.78 is 31.7. The van der Waals surface area contributed by atoms with Crippen LogP contribution in [0.5, 0.6) is 0 Å². The minimum absolute atomic E-state index is 0.201. The number of nitrogens with zero attached hydrogens (tertiary/aromatic N) is 1. The van der Waals surface area contributed by atoms with Gasteiger partial charge < -0.3 is 4.55 Å². The smallest absolute Gasteiger partial charge is 0.302 e. The lowest BCUT2D eigenvalue weighted by Crippen LogP contribution is -1.95. The molecule has 1 unspecified atom stereocenters. The van der Waals surface area contributed by atoms with E-state index in [1.165, 1.54) is 0 Å². The van der Waals surface area contributed by atoms with Crippen LogP contribution in [0.1, 0.15) is 0 Å². The first-order chi connectivity index (χ1) is 6.02. The number of nitro groups is 1. The highest BCUT2D eigenvalue weighted by molar-refractivity contribution is 7.79. The highest BCUT2D eigenvalue weighted by atomic mass is 32.2. The summed E-state index contributed by atoms with van der Waals surface area (Å²) in [4.78, 5) is 9.03. The second-order valence-corrected chi connectivity index (χ2v) is 3.09. The maximum absolute atomic E-state index is 12.7. The summed E-state index contributed by atoms with van der Waals surface area (Å²) in [7, 11) is 0. The van der Waals surface area contributed by atoms with Crippen LogP contribution in [0.3, 0.4) is 0 Å². The molecule has 0 saturated carbocycles. The van der Waals surface area contributed by atoms with E-state index in [0.717, 1.165) is 18.2 Å². The van der Waals surface area contributed by atoms with Gasteiger partial charge in [0.05, 0.1) is 9.82 Å². The molecule has 5 nitrogen and oxygen atoms in total. The lowest BCUT2D eigenvalue weighted by molar-refractivity contribution is -0.387. The van der Waals surface area contributed by atoms with Crippen molar-refractivity contribution in [3.05, 3.63) is 34.1 Å². The van der Waals surface area contributed by atoms with E-state index in [-0.39, 0.29) is 4.90 Å². The van der Waals surface area contributed by atoms with Crippen molar-refractivity contribution >= 4 is 16.8 Å². The molecule has 1 atom stereocenters. The molecule has 0 heterocycles. The van der Waals surface area contributed by atoms with E-state index in [1.807, 2.05) is 0 Å². The third-order valence-corrected chi connectivity index (χ3v) is 1.97. The van der Waals surface area contributed by atoms with Crippen molar-refractivity contribution in [2.45, 2.75) is 4.90 Å². The first kappa shape index (κ1) is 9.75. The van der Waals surface area contributed by atoms with Crippen molar-refractivity contribution < 1.29 is 18.1 Å². The van der Waals surface area contributed by atoms with E-state index in [2.05, 4.69) is 0 Å². The molecule has 1 rings (SSSR count). The average molecular weight is 205 g/mol. The summed E-state index contributed by atoms with van der Waals surface area (Å²) in [5, 5.41) is 10.2. The van der Waals surface area contributed by atoms with Crippen LogP contribution >= 0.6 is 0 Å². The molecule has 0 aromatic heterocycles. The van der Waals surface area contributed by atoms with E-state index in [0.29, 0.717) is 0 Å². The Hall–Kier alpha value is -1.34. The van der Waals surface area contributed by atoms with Crippen molar-refractivity contribution in [3.63, 3.8) is 0 Å². The molecule has 0 amide bonds. The molecule has 13 heavy (non-hydrogen) atoms. The molecule has 1 N–H and O–H groups in total. The van der Waals surface area contributed by atoms with Crippen LogP contribution in [0.4, 0.5) is 10.1 Å². The van der Waals surface area contributed by atoms with Crippen LogP contribution < -0.4 is 0 Å². The monoisotopic (exact) mass is 205 g/mol. The molecule has 70 valence electrons. The molecule has 0 bridgehead atoms. The van der Waals surface area contributed by atoms with Gasteiger partial charge in [0.2, 0.25) is 5.82 Å². The molecule has 0 saturated heterocycles. The third-order valence-electron chi connectivity index (χ3n) is 1.32. The maximum atomic E-state index is 12.7. The highest BCUT2D eigenvalue weighted by Gasteiger charge is 2.15. The molecular formula is C6H4FNO4S. The van der Waals surface area contributed by atoms with Gasteiger partial charge in [-0.25, -0.2) is 4.21 Å². The van der Waals surface area contributed by atoms with Gasteiger partial charge in [0, 0.05) is 6.07 Å². The molecule has 7 heteroatoms. The predicted octanol–water partition coefficient (Wildman–Crippen LogP) is 1.31. The number of hydrogen-bond acceptors (Lipinski definition) is 3. The van der Waals surface area contributed by atoms with Gasteiger partial charge in [-0.15, -0.1) is 0 Å². The molecule has 0 fully saturated rings. The normalized spacial score (nSPS) is 12.5. The molecule has 0 radical (unpaired) electrons. The molecule has 1 aromatic carbocycles. The quantitative estimate of drug-likeness (QED) is 0.448. The first-order valence-corrected chi connectivity index (χ1v) is 4.18. The van der Waals surface area contributed by atoms with Crippen molar-refractivity contribution in [1.82, 2.24) is 0 Å². The van der Waals surface area contributed by atoms with Crippen LogP contribution in [-0.2, 0) is 11.1 Å². The lowest BCUT2D eigenvalue weighted by Gasteiger charge is -1.95. The average Bonchev–Trinajstić information content (AvgIpc) is 2.04. The van der Waals surface area contributed by atoms with Crippen LogP contribution in [0, 0.1) is 15.9 Å². The summed E-state index contributed by atoms with van der Waals surface area (Å²) in [6.45, 7) is 0. The molecule has 0 aliphatic heterocycles. The molecule has 0 aliphatic carbocycles. The van der Waals surface area contributed by atoms with Gasteiger partial charge in [0.25, 0.3) is 0 Å². The lowest BCUT2D eigenvalue weighted by atomic mass is 10.3. The fourth-order valence-electron chi connectivity index (χ4n) is 0.741. The Kier molecular flexibility index (Phi) is 2.69. The third kappa shape index (κ3) is 2.07. The van der Waals surface area contributed by atoms with Gasteiger partial charge in [0.1, 0.15) is 0 Å². The Morgan fingerprint density at radius 1 is 1.54 bits per heavy atom. The number of hydrogen-bond donors (Lipinski definition) is 1. The predicted molar refractivity (Wildman–Crippen MR) is 42.1 cm³/mol. The van der Waals surface area contributed by atoms with Gasteiger partial charge in [-0.2, -0.15) is 4.39 Å². The fourth-order valence-corrected chi connectivity index (χ4v) is 1.14. The molecule has 0 spiro atoms. The summed E-state index contributed by atoms with van der Waals surface area (Å²) in [6, 6.07) is 2.52. The summed E-state index contributed by atoms with van der Waals surface area (Å²) >= 11 is -2.34. The van der Waals surface area contributed by atoms with E-state index >= 15 is 0 Å². The number of benzene rings is 1. The zero-order chi connectivity index (χ0) is 10.0. The zero-order valence-electron chi connectivity index (χ0n) is 6.14.